The van der Waals surface area contributed by atoms with E-state index in [1.54, 1.807) is 0 Å². The number of aromatic nitrogens is 4. The SMILES string of the molecule is Cc1ccc2[nH]ccc2c1-c1nc(N2CCOCC2)c2oc3ncc(CN4CC[S+]([O-])CC4)cc3c2n1. The molecule has 5 aromatic rings. The summed E-state index contributed by atoms with van der Waals surface area (Å²) in [4.78, 5) is 22.7. The summed E-state index contributed by atoms with van der Waals surface area (Å²) in [5.41, 5.74) is 6.31. The molecule has 7 rings (SSSR count). The van der Waals surface area contributed by atoms with Crippen LogP contribution in [0.5, 0.6) is 0 Å². The van der Waals surface area contributed by atoms with Crippen molar-refractivity contribution in [3.63, 3.8) is 0 Å². The Morgan fingerprint density at radius 3 is 2.73 bits per heavy atom. The van der Waals surface area contributed by atoms with E-state index < -0.39 is 11.2 Å². The number of morpholine rings is 1. The Morgan fingerprint density at radius 1 is 1.05 bits per heavy atom. The van der Waals surface area contributed by atoms with Gasteiger partial charge in [-0.1, -0.05) is 17.2 Å². The maximum absolute atomic E-state index is 11.8. The first kappa shape index (κ1) is 23.0. The smallest absolute Gasteiger partial charge is 0.229 e. The van der Waals surface area contributed by atoms with Crippen molar-refractivity contribution in [1.29, 1.82) is 0 Å². The van der Waals surface area contributed by atoms with Crippen LogP contribution in [0.1, 0.15) is 11.1 Å². The lowest BCUT2D eigenvalue weighted by Gasteiger charge is -2.28. The van der Waals surface area contributed by atoms with Crippen LogP contribution in [0.15, 0.2) is 41.1 Å². The van der Waals surface area contributed by atoms with Gasteiger partial charge in [-0.15, -0.1) is 0 Å². The molecule has 0 atom stereocenters. The standard InChI is InChI=1S/C27H28N6O3S/c1-17-2-3-21-19(4-5-28-21)22(17)25-30-23-20-14-18(16-32-8-12-37(34)13-9-32)15-29-27(20)36-24(23)26(31-25)33-6-10-35-11-7-33/h2-5,14-15,28H,6-13,16H2,1H3. The van der Waals surface area contributed by atoms with Crippen LogP contribution < -0.4 is 4.90 Å². The highest BCUT2D eigenvalue weighted by Crippen LogP contribution is 2.37. The summed E-state index contributed by atoms with van der Waals surface area (Å²) in [6, 6.07) is 8.42. The highest BCUT2D eigenvalue weighted by atomic mass is 32.2. The van der Waals surface area contributed by atoms with Gasteiger partial charge in [-0.25, -0.2) is 15.0 Å². The van der Waals surface area contributed by atoms with Crippen LogP contribution in [-0.2, 0) is 22.5 Å². The minimum atomic E-state index is -0.694. The fourth-order valence-corrected chi connectivity index (χ4v) is 6.50. The number of ether oxygens (including phenoxy) is 1. The van der Waals surface area contributed by atoms with Crippen molar-refractivity contribution in [2.45, 2.75) is 13.5 Å². The number of benzene rings is 1. The number of nitrogens with zero attached hydrogens (tertiary/aromatic N) is 5. The quantitative estimate of drug-likeness (QED) is 0.361. The number of aromatic amines is 1. The van der Waals surface area contributed by atoms with Gasteiger partial charge < -0.3 is 23.6 Å². The Bertz CT molecular complexity index is 1600. The van der Waals surface area contributed by atoms with Crippen molar-refractivity contribution in [3.05, 3.63) is 47.8 Å². The van der Waals surface area contributed by atoms with Crippen LogP contribution in [0.3, 0.4) is 0 Å². The Morgan fingerprint density at radius 2 is 1.89 bits per heavy atom. The van der Waals surface area contributed by atoms with Gasteiger partial charge in [0.15, 0.2) is 17.2 Å². The molecule has 6 heterocycles. The van der Waals surface area contributed by atoms with Crippen LogP contribution >= 0.6 is 0 Å². The van der Waals surface area contributed by atoms with Crippen LogP contribution in [0.2, 0.25) is 0 Å². The average Bonchev–Trinajstić information content (AvgIpc) is 3.54. The number of hydrogen-bond acceptors (Lipinski definition) is 8. The first-order chi connectivity index (χ1) is 18.1. The molecule has 0 unspecified atom stereocenters. The Hall–Kier alpha value is -3.18. The number of H-pyrrole nitrogens is 1. The fraction of sp³-hybridized carbons (Fsp3) is 0.370. The molecular formula is C27H28N6O3S. The molecule has 2 aliphatic heterocycles. The summed E-state index contributed by atoms with van der Waals surface area (Å²) >= 11 is -0.694. The molecule has 10 heteroatoms. The van der Waals surface area contributed by atoms with Gasteiger partial charge in [-0.2, -0.15) is 0 Å². The van der Waals surface area contributed by atoms with Crippen molar-refractivity contribution in [3.8, 4) is 11.4 Å². The normalized spacial score (nSPS) is 17.9. The number of rotatable bonds is 4. The van der Waals surface area contributed by atoms with Gasteiger partial charge in [-0.05, 0) is 36.2 Å². The molecule has 0 amide bonds. The summed E-state index contributed by atoms with van der Waals surface area (Å²) in [5, 5.41) is 1.99. The molecule has 0 radical (unpaired) electrons. The summed E-state index contributed by atoms with van der Waals surface area (Å²) in [5.74, 6) is 2.93. The van der Waals surface area contributed by atoms with Crippen molar-refractivity contribution < 1.29 is 13.7 Å². The van der Waals surface area contributed by atoms with E-state index in [0.717, 1.165) is 88.5 Å². The number of aryl methyl sites for hydroxylation is 1. The zero-order valence-corrected chi connectivity index (χ0v) is 21.5. The second-order valence-electron chi connectivity index (χ2n) is 9.77. The van der Waals surface area contributed by atoms with E-state index >= 15 is 0 Å². The Labute approximate surface area is 217 Å². The predicted molar refractivity (Wildman–Crippen MR) is 145 cm³/mol. The maximum atomic E-state index is 11.8. The number of hydrogen-bond donors (Lipinski definition) is 1. The van der Waals surface area contributed by atoms with Crippen molar-refractivity contribution in [2.75, 3.05) is 55.8 Å². The van der Waals surface area contributed by atoms with Crippen LogP contribution in [0.4, 0.5) is 5.82 Å². The molecule has 2 saturated heterocycles. The third-order valence-electron chi connectivity index (χ3n) is 7.36. The maximum Gasteiger partial charge on any atom is 0.229 e. The first-order valence-corrected chi connectivity index (χ1v) is 14.2. The van der Waals surface area contributed by atoms with E-state index in [2.05, 4.69) is 51.0 Å². The largest absolute Gasteiger partial charge is 0.616 e. The molecular weight excluding hydrogens is 488 g/mol. The van der Waals surface area contributed by atoms with Crippen molar-refractivity contribution in [2.24, 2.45) is 0 Å². The number of nitrogens with one attached hydrogen (secondary N) is 1. The van der Waals surface area contributed by atoms with Gasteiger partial charge in [0, 0.05) is 61.6 Å². The molecule has 2 aliphatic rings. The second kappa shape index (κ2) is 9.29. The van der Waals surface area contributed by atoms with E-state index in [0.29, 0.717) is 30.3 Å². The summed E-state index contributed by atoms with van der Waals surface area (Å²) in [7, 11) is 0. The number of furan rings is 1. The van der Waals surface area contributed by atoms with Gasteiger partial charge in [0.05, 0.1) is 18.6 Å². The van der Waals surface area contributed by atoms with Gasteiger partial charge >= 0.3 is 0 Å². The van der Waals surface area contributed by atoms with Crippen LogP contribution in [0.25, 0.3) is 44.5 Å². The topological polar surface area (TPSA) is 106 Å². The summed E-state index contributed by atoms with van der Waals surface area (Å²) in [6.45, 7) is 7.32. The minimum absolute atomic E-state index is 0.566. The molecule has 1 aromatic carbocycles. The molecule has 0 saturated carbocycles. The lowest BCUT2D eigenvalue weighted by Crippen LogP contribution is -2.39. The van der Waals surface area contributed by atoms with Crippen molar-refractivity contribution in [1.82, 2.24) is 24.8 Å². The molecule has 37 heavy (non-hydrogen) atoms. The van der Waals surface area contributed by atoms with Crippen LogP contribution in [-0.4, -0.2) is 80.3 Å². The predicted octanol–water partition coefficient (Wildman–Crippen LogP) is 3.63. The zero-order chi connectivity index (χ0) is 24.9. The third kappa shape index (κ3) is 4.14. The second-order valence-corrected chi connectivity index (χ2v) is 11.5. The lowest BCUT2D eigenvalue weighted by atomic mass is 10.0. The van der Waals surface area contributed by atoms with E-state index in [1.165, 1.54) is 0 Å². The van der Waals surface area contributed by atoms with Crippen molar-refractivity contribution >= 4 is 50.1 Å². The van der Waals surface area contributed by atoms with E-state index in [9.17, 15) is 4.55 Å². The van der Waals surface area contributed by atoms with Gasteiger partial charge in [0.25, 0.3) is 0 Å². The first-order valence-electron chi connectivity index (χ1n) is 12.7. The highest BCUT2D eigenvalue weighted by Gasteiger charge is 2.25. The third-order valence-corrected chi connectivity index (χ3v) is 8.64. The Kier molecular flexibility index (Phi) is 5.77. The minimum Gasteiger partial charge on any atom is -0.616 e. The fourth-order valence-electron chi connectivity index (χ4n) is 5.38. The van der Waals surface area contributed by atoms with Gasteiger partial charge in [0.1, 0.15) is 17.0 Å². The molecule has 0 aliphatic carbocycles. The number of pyridine rings is 1. The Balaban J connectivity index is 1.40. The average molecular weight is 517 g/mol. The summed E-state index contributed by atoms with van der Waals surface area (Å²) < 4.78 is 23.7. The summed E-state index contributed by atoms with van der Waals surface area (Å²) in [6.07, 6.45) is 3.83. The number of fused-ring (bicyclic) bond motifs is 4. The molecule has 9 nitrogen and oxygen atoms in total. The molecule has 190 valence electrons. The molecule has 0 spiro atoms. The van der Waals surface area contributed by atoms with E-state index in [4.69, 9.17) is 19.1 Å². The monoisotopic (exact) mass is 516 g/mol. The lowest BCUT2D eigenvalue weighted by molar-refractivity contribution is 0.122. The van der Waals surface area contributed by atoms with Crippen LogP contribution in [0, 0.1) is 6.92 Å². The number of anilines is 1. The van der Waals surface area contributed by atoms with E-state index in [-0.39, 0.29) is 0 Å². The molecule has 4 aromatic heterocycles. The zero-order valence-electron chi connectivity index (χ0n) is 20.7. The molecule has 0 bridgehead atoms. The molecule has 2 fully saturated rings. The highest BCUT2D eigenvalue weighted by molar-refractivity contribution is 7.91. The van der Waals surface area contributed by atoms with E-state index in [1.807, 2.05) is 12.4 Å². The molecule has 1 N–H and O–H groups in total. The van der Waals surface area contributed by atoms with Gasteiger partial charge in [0.2, 0.25) is 5.71 Å². The van der Waals surface area contributed by atoms with Gasteiger partial charge in [-0.3, -0.25) is 4.90 Å².